The van der Waals surface area contributed by atoms with Gasteiger partial charge in [-0.15, -0.1) is 0 Å². The summed E-state index contributed by atoms with van der Waals surface area (Å²) in [6, 6.07) is 12.0. The van der Waals surface area contributed by atoms with Crippen LogP contribution in [0.2, 0.25) is 0 Å². The lowest BCUT2D eigenvalue weighted by molar-refractivity contribution is -0.115. The summed E-state index contributed by atoms with van der Waals surface area (Å²) in [7, 11) is 0. The molecule has 1 unspecified atom stereocenters. The molecule has 28 heavy (non-hydrogen) atoms. The van der Waals surface area contributed by atoms with Crippen LogP contribution in [-0.2, 0) is 17.6 Å². The highest BCUT2D eigenvalue weighted by molar-refractivity contribution is 8.00. The first-order valence-electron chi connectivity index (χ1n) is 9.44. The van der Waals surface area contributed by atoms with E-state index in [1.807, 2.05) is 37.3 Å². The van der Waals surface area contributed by atoms with Crippen LogP contribution in [0.3, 0.4) is 0 Å². The first kappa shape index (κ1) is 18.9. The van der Waals surface area contributed by atoms with Crippen molar-refractivity contribution in [3.63, 3.8) is 0 Å². The molecule has 0 bridgehead atoms. The number of nitriles is 1. The van der Waals surface area contributed by atoms with Gasteiger partial charge in [-0.05, 0) is 55.9 Å². The Hall–Kier alpha value is -2.43. The summed E-state index contributed by atoms with van der Waals surface area (Å²) in [5, 5.41) is 13.4. The molecule has 0 radical (unpaired) electrons. The van der Waals surface area contributed by atoms with E-state index in [1.54, 1.807) is 0 Å². The van der Waals surface area contributed by atoms with E-state index in [0.29, 0.717) is 22.1 Å². The highest BCUT2D eigenvalue weighted by Crippen LogP contribution is 2.32. The zero-order valence-electron chi connectivity index (χ0n) is 15.6. The number of rotatable bonds is 5. The third-order valence-electron chi connectivity index (χ3n) is 4.83. The van der Waals surface area contributed by atoms with E-state index >= 15 is 0 Å². The predicted molar refractivity (Wildman–Crippen MR) is 114 cm³/mol. The SMILES string of the molecule is CCC(Sc1nc2c(cc1C#N)CCCC2)C(=O)Nc1nc2ccccc2s1. The number of amides is 1. The summed E-state index contributed by atoms with van der Waals surface area (Å²) in [4.78, 5) is 22.1. The van der Waals surface area contributed by atoms with E-state index in [-0.39, 0.29) is 11.2 Å². The number of carbonyl (C=O) groups is 1. The summed E-state index contributed by atoms with van der Waals surface area (Å²) in [6.45, 7) is 1.97. The summed E-state index contributed by atoms with van der Waals surface area (Å²) in [5.41, 5.74) is 3.71. The van der Waals surface area contributed by atoms with Crippen molar-refractivity contribution in [2.75, 3.05) is 5.32 Å². The smallest absolute Gasteiger partial charge is 0.239 e. The average molecular weight is 409 g/mol. The Morgan fingerprint density at radius 3 is 2.93 bits per heavy atom. The van der Waals surface area contributed by atoms with Crippen LogP contribution in [0.5, 0.6) is 0 Å². The standard InChI is InChI=1S/C21H20N4OS2/c1-2-17(19(26)25-21-24-16-9-5-6-10-18(16)28-21)27-20-14(12-22)11-13-7-3-4-8-15(13)23-20/h5-6,9-11,17H,2-4,7-8H2,1H3,(H,24,25,26). The Kier molecular flexibility index (Phi) is 5.60. The molecule has 1 atom stereocenters. The topological polar surface area (TPSA) is 78.7 Å². The van der Waals surface area contributed by atoms with Crippen LogP contribution in [0, 0.1) is 11.3 Å². The molecular formula is C21H20N4OS2. The Bertz CT molecular complexity index is 1040. The molecule has 1 aliphatic rings. The molecule has 5 nitrogen and oxygen atoms in total. The molecule has 0 saturated carbocycles. The molecule has 2 aromatic heterocycles. The molecule has 3 aromatic rings. The van der Waals surface area contributed by atoms with Gasteiger partial charge in [0.1, 0.15) is 11.1 Å². The van der Waals surface area contributed by atoms with Crippen LogP contribution >= 0.6 is 23.1 Å². The zero-order valence-corrected chi connectivity index (χ0v) is 17.2. The van der Waals surface area contributed by atoms with Crippen LogP contribution < -0.4 is 5.32 Å². The van der Waals surface area contributed by atoms with Crippen LogP contribution in [0.4, 0.5) is 5.13 Å². The first-order valence-corrected chi connectivity index (χ1v) is 11.1. The Morgan fingerprint density at radius 1 is 1.32 bits per heavy atom. The molecule has 142 valence electrons. The van der Waals surface area contributed by atoms with Gasteiger partial charge >= 0.3 is 0 Å². The minimum atomic E-state index is -0.326. The number of hydrogen-bond donors (Lipinski definition) is 1. The Morgan fingerprint density at radius 2 is 2.14 bits per heavy atom. The number of hydrogen-bond acceptors (Lipinski definition) is 6. The van der Waals surface area contributed by atoms with E-state index in [9.17, 15) is 10.1 Å². The fraction of sp³-hybridized carbons (Fsp3) is 0.333. The molecule has 1 aliphatic carbocycles. The molecule has 0 saturated heterocycles. The van der Waals surface area contributed by atoms with Gasteiger partial charge in [-0.1, -0.05) is 42.2 Å². The second-order valence-corrected chi connectivity index (χ2v) is 8.98. The molecule has 7 heteroatoms. The zero-order chi connectivity index (χ0) is 19.5. The van der Waals surface area contributed by atoms with E-state index in [0.717, 1.165) is 41.6 Å². The number of carbonyl (C=O) groups excluding carboxylic acids is 1. The number of anilines is 1. The van der Waals surface area contributed by atoms with E-state index < -0.39 is 0 Å². The minimum absolute atomic E-state index is 0.102. The monoisotopic (exact) mass is 408 g/mol. The lowest BCUT2D eigenvalue weighted by atomic mass is 9.95. The fourth-order valence-corrected chi connectivity index (χ4v) is 5.22. The van der Waals surface area contributed by atoms with Crippen LogP contribution in [0.1, 0.15) is 43.0 Å². The van der Waals surface area contributed by atoms with Gasteiger partial charge in [0.25, 0.3) is 0 Å². The van der Waals surface area contributed by atoms with Crippen molar-refractivity contribution >= 4 is 44.4 Å². The van der Waals surface area contributed by atoms with Gasteiger partial charge in [0.05, 0.1) is 21.0 Å². The maximum Gasteiger partial charge on any atom is 0.239 e. The second kappa shape index (κ2) is 8.29. The Labute approximate surface area is 172 Å². The van der Waals surface area contributed by atoms with Gasteiger partial charge in [0.2, 0.25) is 5.91 Å². The van der Waals surface area contributed by atoms with E-state index in [2.05, 4.69) is 16.4 Å². The van der Waals surface area contributed by atoms with Crippen molar-refractivity contribution in [1.82, 2.24) is 9.97 Å². The number of thioether (sulfide) groups is 1. The van der Waals surface area contributed by atoms with Crippen LogP contribution in [-0.4, -0.2) is 21.1 Å². The number of pyridine rings is 1. The second-order valence-electron chi connectivity index (χ2n) is 6.76. The van der Waals surface area contributed by atoms with Crippen molar-refractivity contribution in [3.05, 3.63) is 47.2 Å². The molecule has 0 spiro atoms. The van der Waals surface area contributed by atoms with Crippen molar-refractivity contribution in [2.24, 2.45) is 0 Å². The van der Waals surface area contributed by atoms with Crippen molar-refractivity contribution < 1.29 is 4.79 Å². The van der Waals surface area contributed by atoms with Crippen molar-refractivity contribution in [1.29, 1.82) is 5.26 Å². The fourth-order valence-electron chi connectivity index (χ4n) is 3.35. The molecule has 4 rings (SSSR count). The van der Waals surface area contributed by atoms with E-state index in [1.165, 1.54) is 28.7 Å². The highest BCUT2D eigenvalue weighted by atomic mass is 32.2. The third-order valence-corrected chi connectivity index (χ3v) is 7.15. The molecule has 1 N–H and O–H groups in total. The third kappa shape index (κ3) is 3.89. The summed E-state index contributed by atoms with van der Waals surface area (Å²) < 4.78 is 1.04. The summed E-state index contributed by atoms with van der Waals surface area (Å²) in [6.07, 6.45) is 4.85. The van der Waals surface area contributed by atoms with Crippen LogP contribution in [0.25, 0.3) is 10.2 Å². The number of nitrogens with one attached hydrogen (secondary N) is 1. The average Bonchev–Trinajstić information content (AvgIpc) is 3.13. The van der Waals surface area contributed by atoms with Gasteiger partial charge in [-0.3, -0.25) is 4.79 Å². The number of aryl methyl sites for hydroxylation is 2. The van der Waals surface area contributed by atoms with Gasteiger partial charge in [-0.25, -0.2) is 9.97 Å². The maximum atomic E-state index is 12.8. The highest BCUT2D eigenvalue weighted by Gasteiger charge is 2.23. The molecule has 1 amide bonds. The number of fused-ring (bicyclic) bond motifs is 2. The maximum absolute atomic E-state index is 12.8. The van der Waals surface area contributed by atoms with Crippen molar-refractivity contribution in [3.8, 4) is 6.07 Å². The van der Waals surface area contributed by atoms with Crippen molar-refractivity contribution in [2.45, 2.75) is 49.3 Å². The lowest BCUT2D eigenvalue weighted by Crippen LogP contribution is -2.25. The number of thiazole rings is 1. The number of para-hydroxylation sites is 1. The molecule has 2 heterocycles. The number of aromatic nitrogens is 2. The number of nitrogens with zero attached hydrogens (tertiary/aromatic N) is 3. The van der Waals surface area contributed by atoms with Gasteiger partial charge in [-0.2, -0.15) is 5.26 Å². The lowest BCUT2D eigenvalue weighted by Gasteiger charge is -2.18. The molecule has 1 aromatic carbocycles. The number of benzene rings is 1. The van der Waals surface area contributed by atoms with E-state index in [4.69, 9.17) is 4.98 Å². The minimum Gasteiger partial charge on any atom is -0.301 e. The summed E-state index contributed by atoms with van der Waals surface area (Å²) >= 11 is 2.84. The van der Waals surface area contributed by atoms with Crippen LogP contribution in [0.15, 0.2) is 35.4 Å². The first-order chi connectivity index (χ1) is 13.7. The van der Waals surface area contributed by atoms with Gasteiger partial charge in [0, 0.05) is 5.69 Å². The normalized spacial score (nSPS) is 14.3. The van der Waals surface area contributed by atoms with Gasteiger partial charge in [0.15, 0.2) is 5.13 Å². The molecule has 0 fully saturated rings. The molecular weight excluding hydrogens is 388 g/mol. The Balaban J connectivity index is 1.54. The predicted octanol–water partition coefficient (Wildman–Crippen LogP) is 4.95. The molecule has 0 aliphatic heterocycles. The largest absolute Gasteiger partial charge is 0.301 e. The quantitative estimate of drug-likeness (QED) is 0.604. The van der Waals surface area contributed by atoms with Gasteiger partial charge < -0.3 is 5.32 Å². The summed E-state index contributed by atoms with van der Waals surface area (Å²) in [5.74, 6) is -0.102.